The number of ether oxygens (including phenoxy) is 2. The van der Waals surface area contributed by atoms with Crippen LogP contribution in [0.15, 0.2) is 60.8 Å². The van der Waals surface area contributed by atoms with Crippen molar-refractivity contribution in [1.82, 2.24) is 0 Å². The number of likely N-dealkylation sites (N-methyl/N-ethyl adjacent to an activating group) is 1. The highest BCUT2D eigenvalue weighted by Gasteiger charge is 2.21. The molecule has 0 aliphatic rings. The molecule has 0 aromatic heterocycles. The van der Waals surface area contributed by atoms with Crippen LogP contribution in [0.5, 0.6) is 0 Å². The van der Waals surface area contributed by atoms with E-state index in [-0.39, 0.29) is 26.1 Å². The number of hydrogen-bond donors (Lipinski definition) is 0. The average Bonchev–Trinajstić information content (AvgIpc) is 3.15. The average molecular weight is 808 g/mol. The van der Waals surface area contributed by atoms with Gasteiger partial charge < -0.3 is 27.9 Å². The third kappa shape index (κ3) is 41.3. The van der Waals surface area contributed by atoms with Gasteiger partial charge in [0.1, 0.15) is 19.8 Å². The van der Waals surface area contributed by atoms with Gasteiger partial charge in [-0.25, -0.2) is 0 Å². The van der Waals surface area contributed by atoms with Crippen LogP contribution in [0.25, 0.3) is 0 Å². The topological polar surface area (TPSA) is 111 Å². The Morgan fingerprint density at radius 1 is 0.571 bits per heavy atom. The monoisotopic (exact) mass is 808 g/mol. The lowest BCUT2D eigenvalue weighted by molar-refractivity contribution is -0.870. The van der Waals surface area contributed by atoms with Crippen molar-refractivity contribution in [2.24, 2.45) is 0 Å². The Labute approximate surface area is 343 Å². The molecule has 324 valence electrons. The number of phosphoric acid groups is 1. The van der Waals surface area contributed by atoms with E-state index >= 15 is 0 Å². The zero-order valence-corrected chi connectivity index (χ0v) is 37.2. The van der Waals surface area contributed by atoms with Crippen molar-refractivity contribution in [3.05, 3.63) is 60.8 Å². The zero-order chi connectivity index (χ0) is 41.4. The number of carbonyl (C=O) groups excluding carboxylic acids is 2. The molecule has 0 rings (SSSR count). The Bertz CT molecular complexity index is 1140. The molecule has 0 bridgehead atoms. The van der Waals surface area contributed by atoms with Gasteiger partial charge in [-0.3, -0.25) is 14.2 Å². The third-order valence-corrected chi connectivity index (χ3v) is 9.99. The molecule has 0 aromatic carbocycles. The van der Waals surface area contributed by atoms with E-state index in [1.807, 2.05) is 21.1 Å². The van der Waals surface area contributed by atoms with E-state index in [1.54, 1.807) is 0 Å². The summed E-state index contributed by atoms with van der Waals surface area (Å²) in [6.45, 7) is 4.04. The van der Waals surface area contributed by atoms with Gasteiger partial charge >= 0.3 is 11.9 Å². The molecule has 0 radical (unpaired) electrons. The van der Waals surface area contributed by atoms with Gasteiger partial charge in [-0.1, -0.05) is 139 Å². The summed E-state index contributed by atoms with van der Waals surface area (Å²) in [5.41, 5.74) is 0. The van der Waals surface area contributed by atoms with Crippen molar-refractivity contribution in [3.8, 4) is 0 Å². The number of nitrogens with zero attached hydrogens (tertiary/aromatic N) is 1. The van der Waals surface area contributed by atoms with Crippen LogP contribution in [0.4, 0.5) is 0 Å². The molecule has 56 heavy (non-hydrogen) atoms. The van der Waals surface area contributed by atoms with Crippen LogP contribution in [0.3, 0.4) is 0 Å². The van der Waals surface area contributed by atoms with Crippen LogP contribution in [0.2, 0.25) is 0 Å². The molecule has 0 aliphatic carbocycles. The minimum absolute atomic E-state index is 0.0401. The summed E-state index contributed by atoms with van der Waals surface area (Å²) >= 11 is 0. The van der Waals surface area contributed by atoms with Crippen molar-refractivity contribution in [2.45, 2.75) is 174 Å². The molecule has 0 aliphatic heterocycles. The maximum atomic E-state index is 12.7. The van der Waals surface area contributed by atoms with Gasteiger partial charge in [0.25, 0.3) is 7.82 Å². The van der Waals surface area contributed by atoms with Crippen LogP contribution in [0.1, 0.15) is 168 Å². The highest BCUT2D eigenvalue weighted by Crippen LogP contribution is 2.38. The van der Waals surface area contributed by atoms with Gasteiger partial charge in [-0.15, -0.1) is 0 Å². The number of rotatable bonds is 39. The largest absolute Gasteiger partial charge is 0.756 e. The maximum absolute atomic E-state index is 12.7. The Balaban J connectivity index is 4.42. The van der Waals surface area contributed by atoms with Crippen molar-refractivity contribution >= 4 is 19.8 Å². The van der Waals surface area contributed by atoms with E-state index in [4.69, 9.17) is 18.5 Å². The summed E-state index contributed by atoms with van der Waals surface area (Å²) in [4.78, 5) is 37.5. The van der Waals surface area contributed by atoms with E-state index in [2.05, 4.69) is 74.6 Å². The van der Waals surface area contributed by atoms with Crippen molar-refractivity contribution in [1.29, 1.82) is 0 Å². The molecule has 0 fully saturated rings. The number of quaternary nitrogens is 1. The number of hydrogen-bond acceptors (Lipinski definition) is 8. The van der Waals surface area contributed by atoms with Crippen LogP contribution < -0.4 is 4.89 Å². The SMILES string of the molecule is CC/C=C/C/C=C/C/C=C/C/C=C/CCCCC(=O)OC[C@H](COP(=O)([O-])OCC[N+](C)(C)C)OC(=O)CCCCCCCCCCC/C=C/CCCCCC. The Morgan fingerprint density at radius 3 is 1.57 bits per heavy atom. The number of allylic oxidation sites excluding steroid dienone is 10. The maximum Gasteiger partial charge on any atom is 0.306 e. The Kier molecular flexibility index (Phi) is 36.7. The normalized spacial score (nSPS) is 14.2. The fraction of sp³-hybridized carbons (Fsp3) is 0.739. The van der Waals surface area contributed by atoms with E-state index in [0.717, 1.165) is 57.8 Å². The van der Waals surface area contributed by atoms with Gasteiger partial charge in [-0.2, -0.15) is 0 Å². The second kappa shape index (κ2) is 38.2. The van der Waals surface area contributed by atoms with E-state index < -0.39 is 32.5 Å². The summed E-state index contributed by atoms with van der Waals surface area (Å²) in [5, 5.41) is 0. The van der Waals surface area contributed by atoms with Crippen LogP contribution in [-0.2, 0) is 32.7 Å². The number of esters is 2. The second-order valence-corrected chi connectivity index (χ2v) is 17.1. The first-order valence-corrected chi connectivity index (χ1v) is 23.5. The lowest BCUT2D eigenvalue weighted by Gasteiger charge is -2.28. The highest BCUT2D eigenvalue weighted by molar-refractivity contribution is 7.45. The molecule has 2 atom stereocenters. The minimum Gasteiger partial charge on any atom is -0.756 e. The molecule has 0 aromatic rings. The molecule has 1 unspecified atom stereocenters. The van der Waals surface area contributed by atoms with Crippen LogP contribution in [-0.4, -0.2) is 70.0 Å². The molecule has 0 saturated heterocycles. The minimum atomic E-state index is -4.64. The number of phosphoric ester groups is 1. The van der Waals surface area contributed by atoms with Gasteiger partial charge in [-0.05, 0) is 77.0 Å². The molecular weight excluding hydrogens is 725 g/mol. The van der Waals surface area contributed by atoms with Gasteiger partial charge in [0.15, 0.2) is 6.10 Å². The molecule has 0 N–H and O–H groups in total. The smallest absolute Gasteiger partial charge is 0.306 e. The second-order valence-electron chi connectivity index (χ2n) is 15.7. The highest BCUT2D eigenvalue weighted by atomic mass is 31.2. The fourth-order valence-electron chi connectivity index (χ4n) is 5.58. The Hall–Kier alpha value is -2.29. The van der Waals surface area contributed by atoms with Gasteiger partial charge in [0.05, 0.1) is 27.7 Å². The van der Waals surface area contributed by atoms with Crippen molar-refractivity contribution in [2.75, 3.05) is 47.5 Å². The summed E-state index contributed by atoms with van der Waals surface area (Å²) in [6.07, 6.45) is 45.3. The van der Waals surface area contributed by atoms with Crippen LogP contribution in [0, 0.1) is 0 Å². The summed E-state index contributed by atoms with van der Waals surface area (Å²) < 4.78 is 33.8. The molecule has 0 amide bonds. The van der Waals surface area contributed by atoms with E-state index in [1.165, 1.54) is 70.6 Å². The fourth-order valence-corrected chi connectivity index (χ4v) is 6.31. The van der Waals surface area contributed by atoms with E-state index in [0.29, 0.717) is 23.9 Å². The first kappa shape index (κ1) is 53.7. The lowest BCUT2D eigenvalue weighted by atomic mass is 10.1. The summed E-state index contributed by atoms with van der Waals surface area (Å²) in [5.74, 6) is -0.889. The van der Waals surface area contributed by atoms with E-state index in [9.17, 15) is 19.0 Å². The first-order valence-electron chi connectivity index (χ1n) is 22.0. The first-order chi connectivity index (χ1) is 27.0. The molecule has 9 nitrogen and oxygen atoms in total. The molecule has 0 heterocycles. The molecule has 0 saturated carbocycles. The number of unbranched alkanes of at least 4 members (excludes halogenated alkanes) is 15. The predicted molar refractivity (Wildman–Crippen MR) is 231 cm³/mol. The zero-order valence-electron chi connectivity index (χ0n) is 36.3. The summed E-state index contributed by atoms with van der Waals surface area (Å²) in [7, 11) is 1.13. The molecular formula is C46H82NO8P. The molecule has 10 heteroatoms. The number of carbonyl (C=O) groups is 2. The van der Waals surface area contributed by atoms with Crippen molar-refractivity contribution in [3.63, 3.8) is 0 Å². The Morgan fingerprint density at radius 2 is 1.02 bits per heavy atom. The predicted octanol–water partition coefficient (Wildman–Crippen LogP) is 11.8. The van der Waals surface area contributed by atoms with Crippen LogP contribution >= 0.6 is 7.82 Å². The lowest BCUT2D eigenvalue weighted by Crippen LogP contribution is -2.37. The van der Waals surface area contributed by atoms with Gasteiger partial charge in [0.2, 0.25) is 0 Å². The quantitative estimate of drug-likeness (QED) is 0.0198. The standard InChI is InChI=1S/C46H82NO8P/c1-6-8-10-12-14-16-18-20-22-23-25-27-29-31-33-35-37-39-46(49)55-44(43-54-56(50,51)53-41-40-47(3,4)5)42-52-45(48)38-36-34-32-30-28-26-24-21-19-17-15-13-11-9-7-2/h9,11,15-18,21,24,28,30,44H,6-8,10,12-14,19-20,22-23,25-27,29,31-43H2,1-5H3/b11-9+,17-15+,18-16+,24-21+,30-28+/t44-/m1/s1. The molecule has 0 spiro atoms. The van der Waals surface area contributed by atoms with Gasteiger partial charge in [0, 0.05) is 12.8 Å². The summed E-state index contributed by atoms with van der Waals surface area (Å²) in [6, 6.07) is 0. The third-order valence-electron chi connectivity index (χ3n) is 9.02. The van der Waals surface area contributed by atoms with Crippen molar-refractivity contribution < 1.29 is 42.1 Å².